The van der Waals surface area contributed by atoms with Crippen molar-refractivity contribution in [2.45, 2.75) is 20.8 Å². The molecule has 0 bridgehead atoms. The summed E-state index contributed by atoms with van der Waals surface area (Å²) in [5, 5.41) is 4.05. The predicted octanol–water partition coefficient (Wildman–Crippen LogP) is 3.60. The van der Waals surface area contributed by atoms with Gasteiger partial charge in [-0.15, -0.1) is 0 Å². The fourth-order valence-electron chi connectivity index (χ4n) is 2.91. The Morgan fingerprint density at radius 3 is 2.65 bits per heavy atom. The lowest BCUT2D eigenvalue weighted by atomic mass is 9.99. The smallest absolute Gasteiger partial charge is 0.141 e. The zero-order valence-corrected chi connectivity index (χ0v) is 13.1. The third kappa shape index (κ3) is 2.19. The Balaban J connectivity index is 2.05. The first-order chi connectivity index (χ1) is 11.1. The first-order valence-corrected chi connectivity index (χ1v) is 7.33. The molecule has 6 heteroatoms. The van der Waals surface area contributed by atoms with Gasteiger partial charge in [-0.2, -0.15) is 0 Å². The first kappa shape index (κ1) is 13.6. The molecule has 0 saturated carbocycles. The number of benzene rings is 1. The number of aryl methyl sites for hydroxylation is 3. The van der Waals surface area contributed by atoms with E-state index < -0.39 is 0 Å². The molecular weight excluding hydrogens is 290 g/mol. The first-order valence-electron chi connectivity index (χ1n) is 7.33. The van der Waals surface area contributed by atoms with Crippen LogP contribution < -0.4 is 0 Å². The van der Waals surface area contributed by atoms with Gasteiger partial charge in [-0.25, -0.2) is 4.98 Å². The van der Waals surface area contributed by atoms with Crippen LogP contribution in [-0.2, 0) is 0 Å². The summed E-state index contributed by atoms with van der Waals surface area (Å²) >= 11 is 0. The molecule has 23 heavy (non-hydrogen) atoms. The van der Waals surface area contributed by atoms with Crippen molar-refractivity contribution in [3.63, 3.8) is 0 Å². The summed E-state index contributed by atoms with van der Waals surface area (Å²) in [6.45, 7) is 5.80. The van der Waals surface area contributed by atoms with Gasteiger partial charge in [-0.05, 0) is 38.5 Å². The molecule has 0 aliphatic carbocycles. The maximum atomic E-state index is 5.31. The number of fused-ring (bicyclic) bond motifs is 1. The van der Waals surface area contributed by atoms with E-state index in [9.17, 15) is 0 Å². The molecule has 0 aliphatic heterocycles. The van der Waals surface area contributed by atoms with E-state index >= 15 is 0 Å². The van der Waals surface area contributed by atoms with Gasteiger partial charge in [-0.1, -0.05) is 5.16 Å². The minimum atomic E-state index is 0.789. The molecule has 1 aromatic carbocycles. The molecule has 0 saturated heterocycles. The normalized spacial score (nSPS) is 11.3. The molecule has 3 heterocycles. The van der Waals surface area contributed by atoms with Crippen LogP contribution in [0.3, 0.4) is 0 Å². The number of aromatic nitrogens is 5. The van der Waals surface area contributed by atoms with Crippen molar-refractivity contribution in [3.05, 3.63) is 48.0 Å². The summed E-state index contributed by atoms with van der Waals surface area (Å²) < 4.78 is 5.31. The SMILES string of the molecule is Cc1nc2c(-c3cnccn3)cc(-c3c(C)noc3C)cc2[nH]1. The molecular formula is C17H15N5O. The molecule has 0 fully saturated rings. The Kier molecular flexibility index (Phi) is 2.97. The zero-order chi connectivity index (χ0) is 16.0. The second kappa shape index (κ2) is 5.01. The zero-order valence-electron chi connectivity index (χ0n) is 13.1. The van der Waals surface area contributed by atoms with Gasteiger partial charge in [-0.3, -0.25) is 9.97 Å². The van der Waals surface area contributed by atoms with E-state index in [-0.39, 0.29) is 0 Å². The van der Waals surface area contributed by atoms with Crippen LogP contribution in [0.1, 0.15) is 17.3 Å². The Morgan fingerprint density at radius 2 is 1.96 bits per heavy atom. The number of nitrogens with one attached hydrogen (secondary N) is 1. The van der Waals surface area contributed by atoms with Gasteiger partial charge in [0, 0.05) is 23.5 Å². The molecule has 0 aliphatic rings. The topological polar surface area (TPSA) is 80.5 Å². The van der Waals surface area contributed by atoms with Crippen LogP contribution in [0.15, 0.2) is 35.2 Å². The van der Waals surface area contributed by atoms with Crippen LogP contribution in [0.5, 0.6) is 0 Å². The van der Waals surface area contributed by atoms with Gasteiger partial charge in [0.25, 0.3) is 0 Å². The van der Waals surface area contributed by atoms with Crippen molar-refractivity contribution < 1.29 is 4.52 Å². The molecule has 0 radical (unpaired) electrons. The largest absolute Gasteiger partial charge is 0.361 e. The minimum Gasteiger partial charge on any atom is -0.361 e. The van der Waals surface area contributed by atoms with E-state index in [1.54, 1.807) is 18.6 Å². The number of hydrogen-bond donors (Lipinski definition) is 1. The number of imidazole rings is 1. The van der Waals surface area contributed by atoms with Crippen LogP contribution in [0.2, 0.25) is 0 Å². The van der Waals surface area contributed by atoms with Crippen molar-refractivity contribution >= 4 is 11.0 Å². The van der Waals surface area contributed by atoms with Crippen LogP contribution in [0.4, 0.5) is 0 Å². The maximum Gasteiger partial charge on any atom is 0.141 e. The van der Waals surface area contributed by atoms with E-state index in [2.05, 4.69) is 37.2 Å². The number of aromatic amines is 1. The Bertz CT molecular complexity index is 981. The summed E-state index contributed by atoms with van der Waals surface area (Å²) in [6, 6.07) is 4.14. The molecule has 0 amide bonds. The quantitative estimate of drug-likeness (QED) is 0.612. The van der Waals surface area contributed by atoms with Crippen molar-refractivity contribution in [1.82, 2.24) is 25.1 Å². The molecule has 3 aromatic heterocycles. The van der Waals surface area contributed by atoms with Crippen molar-refractivity contribution in [1.29, 1.82) is 0 Å². The fraction of sp³-hybridized carbons (Fsp3) is 0.176. The second-order valence-electron chi connectivity index (χ2n) is 5.53. The Labute approximate surface area is 132 Å². The third-order valence-corrected chi connectivity index (χ3v) is 3.87. The minimum absolute atomic E-state index is 0.789. The average Bonchev–Trinajstić information content (AvgIpc) is 3.08. The van der Waals surface area contributed by atoms with E-state index in [4.69, 9.17) is 4.52 Å². The molecule has 114 valence electrons. The highest BCUT2D eigenvalue weighted by Gasteiger charge is 2.17. The van der Waals surface area contributed by atoms with Crippen LogP contribution in [0.25, 0.3) is 33.4 Å². The second-order valence-corrected chi connectivity index (χ2v) is 5.53. The van der Waals surface area contributed by atoms with E-state index in [1.807, 2.05) is 20.8 Å². The summed E-state index contributed by atoms with van der Waals surface area (Å²) in [6.07, 6.45) is 5.09. The summed E-state index contributed by atoms with van der Waals surface area (Å²) in [4.78, 5) is 16.5. The van der Waals surface area contributed by atoms with Gasteiger partial charge >= 0.3 is 0 Å². The van der Waals surface area contributed by atoms with Crippen LogP contribution in [0, 0.1) is 20.8 Å². The Morgan fingerprint density at radius 1 is 1.09 bits per heavy atom. The molecule has 4 aromatic rings. The maximum absolute atomic E-state index is 5.31. The molecule has 0 spiro atoms. The summed E-state index contributed by atoms with van der Waals surface area (Å²) in [5.74, 6) is 1.66. The van der Waals surface area contributed by atoms with Crippen molar-refractivity contribution in [3.8, 4) is 22.4 Å². The Hall–Kier alpha value is -3.02. The molecule has 4 rings (SSSR count). The highest BCUT2D eigenvalue weighted by Crippen LogP contribution is 2.34. The van der Waals surface area contributed by atoms with Crippen molar-refractivity contribution in [2.75, 3.05) is 0 Å². The molecule has 0 atom stereocenters. The number of rotatable bonds is 2. The van der Waals surface area contributed by atoms with Gasteiger partial charge in [0.15, 0.2) is 0 Å². The lowest BCUT2D eigenvalue weighted by Crippen LogP contribution is -1.89. The van der Waals surface area contributed by atoms with Gasteiger partial charge in [0.2, 0.25) is 0 Å². The van der Waals surface area contributed by atoms with E-state index in [1.165, 1.54) is 0 Å². The van der Waals surface area contributed by atoms with Crippen LogP contribution >= 0.6 is 0 Å². The number of nitrogens with zero attached hydrogens (tertiary/aromatic N) is 4. The van der Waals surface area contributed by atoms with Crippen molar-refractivity contribution in [2.24, 2.45) is 0 Å². The van der Waals surface area contributed by atoms with Gasteiger partial charge in [0.05, 0.1) is 28.6 Å². The lowest BCUT2D eigenvalue weighted by molar-refractivity contribution is 0.393. The highest BCUT2D eigenvalue weighted by atomic mass is 16.5. The number of H-pyrrole nitrogens is 1. The standard InChI is InChI=1S/C17H15N5O/c1-9-16(10(2)23-22-9)12-6-13(15-8-18-4-5-19-15)17-14(7-12)20-11(3)21-17/h4-8H,1-3H3,(H,20,21). The number of hydrogen-bond acceptors (Lipinski definition) is 5. The lowest BCUT2D eigenvalue weighted by Gasteiger charge is -2.06. The summed E-state index contributed by atoms with van der Waals surface area (Å²) in [5.41, 5.74) is 6.47. The summed E-state index contributed by atoms with van der Waals surface area (Å²) in [7, 11) is 0. The molecule has 1 N–H and O–H groups in total. The predicted molar refractivity (Wildman–Crippen MR) is 86.8 cm³/mol. The average molecular weight is 305 g/mol. The van der Waals surface area contributed by atoms with Crippen LogP contribution in [-0.4, -0.2) is 25.1 Å². The van der Waals surface area contributed by atoms with E-state index in [0.29, 0.717) is 0 Å². The monoisotopic (exact) mass is 305 g/mol. The highest BCUT2D eigenvalue weighted by molar-refractivity contribution is 5.95. The van der Waals surface area contributed by atoms with Gasteiger partial charge < -0.3 is 9.51 Å². The third-order valence-electron chi connectivity index (χ3n) is 3.87. The van der Waals surface area contributed by atoms with E-state index in [0.717, 1.165) is 50.7 Å². The fourth-order valence-corrected chi connectivity index (χ4v) is 2.91. The molecule has 6 nitrogen and oxygen atoms in total. The molecule has 0 unspecified atom stereocenters. The van der Waals surface area contributed by atoms with Gasteiger partial charge in [0.1, 0.15) is 11.6 Å².